The maximum atomic E-state index is 8.01. The fraction of sp³-hybridized carbons (Fsp3) is 0.0870. The summed E-state index contributed by atoms with van der Waals surface area (Å²) in [6.07, 6.45) is 0.704. The Hall–Kier alpha value is -1.99. The number of halogens is 1. The van der Waals surface area contributed by atoms with Gasteiger partial charge in [-0.2, -0.15) is 0 Å². The molecule has 0 atom stereocenters. The molecule has 0 fully saturated rings. The number of hydrogen-bond donors (Lipinski definition) is 0. The Bertz CT molecular complexity index is 932. The third-order valence-electron chi connectivity index (χ3n) is 5.01. The van der Waals surface area contributed by atoms with Crippen molar-refractivity contribution in [1.29, 1.82) is 0 Å². The van der Waals surface area contributed by atoms with Crippen LogP contribution in [0.5, 0.6) is 0 Å². The Morgan fingerprint density at radius 3 is 1.48 bits per heavy atom. The van der Waals surface area contributed by atoms with Gasteiger partial charge in [0.15, 0.2) is 0 Å². The molecule has 0 radical (unpaired) electrons. The van der Waals surface area contributed by atoms with Crippen LogP contribution in [0.1, 0.15) is 10.7 Å². The summed E-state index contributed by atoms with van der Waals surface area (Å²) in [6, 6.07) is 31.6. The summed E-state index contributed by atoms with van der Waals surface area (Å²) in [5.74, 6) is -3.25. The van der Waals surface area contributed by atoms with E-state index in [1.54, 1.807) is 11.3 Å². The van der Waals surface area contributed by atoms with E-state index in [0.29, 0.717) is 6.16 Å². The van der Waals surface area contributed by atoms with Crippen LogP contribution in [0.3, 0.4) is 0 Å². The van der Waals surface area contributed by atoms with Crippen molar-refractivity contribution in [1.82, 2.24) is 4.98 Å². The van der Waals surface area contributed by atoms with Crippen molar-refractivity contribution in [3.05, 3.63) is 107 Å². The number of aryl methyl sites for hydroxylation is 1. The average Bonchev–Trinajstić information content (AvgIpc) is 3.14. The molecule has 27 heavy (non-hydrogen) atoms. The third kappa shape index (κ3) is 3.12. The first-order valence-corrected chi connectivity index (χ1v) is 13.1. The van der Waals surface area contributed by atoms with E-state index in [9.17, 15) is 0 Å². The van der Waals surface area contributed by atoms with Crippen molar-refractivity contribution in [3.63, 3.8) is 0 Å². The summed E-state index contributed by atoms with van der Waals surface area (Å²) >= 11 is 9.69. The van der Waals surface area contributed by atoms with Gasteiger partial charge in [0.1, 0.15) is 0 Å². The second kappa shape index (κ2) is 7.20. The number of nitrogens with zero attached hydrogens (tertiary/aromatic N) is 1. The molecule has 1 nitrogen and oxygen atoms in total. The average molecular weight is 410 g/mol. The van der Waals surface area contributed by atoms with Crippen LogP contribution < -0.4 is 15.9 Å². The van der Waals surface area contributed by atoms with E-state index < -0.39 is 5.96 Å². The predicted molar refractivity (Wildman–Crippen MR) is 122 cm³/mol. The molecule has 0 saturated heterocycles. The van der Waals surface area contributed by atoms with E-state index in [1.165, 1.54) is 15.9 Å². The quantitative estimate of drug-likeness (QED) is 0.389. The van der Waals surface area contributed by atoms with E-state index in [2.05, 4.69) is 78.2 Å². The van der Waals surface area contributed by atoms with Gasteiger partial charge in [0.2, 0.25) is 0 Å². The molecule has 0 N–H and O–H groups in total. The first-order chi connectivity index (χ1) is 13.1. The fourth-order valence-electron chi connectivity index (χ4n) is 3.72. The Morgan fingerprint density at radius 1 is 0.741 bits per heavy atom. The van der Waals surface area contributed by atoms with E-state index in [-0.39, 0.29) is 0 Å². The minimum absolute atomic E-state index is 0.704. The normalized spacial score (nSPS) is 13.0. The van der Waals surface area contributed by atoms with Crippen LogP contribution in [0.25, 0.3) is 0 Å². The molecular formula is C23H21ClNPS. The SMILES string of the molecule is Cc1nc(CP(Cl)(c2ccccc2)(c2ccccc2)c2ccccc2)cs1. The van der Waals surface area contributed by atoms with Gasteiger partial charge < -0.3 is 0 Å². The number of aromatic nitrogens is 1. The summed E-state index contributed by atoms with van der Waals surface area (Å²) in [7, 11) is 0. The summed E-state index contributed by atoms with van der Waals surface area (Å²) in [5.41, 5.74) is 1.06. The number of rotatable bonds is 5. The molecule has 0 spiro atoms. The van der Waals surface area contributed by atoms with Crippen LogP contribution in [-0.4, -0.2) is 4.98 Å². The fourth-order valence-corrected chi connectivity index (χ4v) is 10.4. The predicted octanol–water partition coefficient (Wildman–Crippen LogP) is 5.64. The number of hydrogen-bond acceptors (Lipinski definition) is 2. The molecule has 3 aromatic carbocycles. The van der Waals surface area contributed by atoms with Crippen LogP contribution in [0.15, 0.2) is 96.4 Å². The van der Waals surface area contributed by atoms with Crippen molar-refractivity contribution in [3.8, 4) is 0 Å². The molecule has 136 valence electrons. The van der Waals surface area contributed by atoms with Crippen LogP contribution in [0.2, 0.25) is 0 Å². The molecule has 4 aromatic rings. The molecule has 1 aromatic heterocycles. The van der Waals surface area contributed by atoms with Crippen molar-refractivity contribution in [2.75, 3.05) is 0 Å². The van der Waals surface area contributed by atoms with E-state index in [4.69, 9.17) is 16.2 Å². The minimum atomic E-state index is -3.25. The zero-order chi connectivity index (χ0) is 18.8. The first-order valence-electron chi connectivity index (χ1n) is 8.92. The second-order valence-corrected chi connectivity index (χ2v) is 14.2. The van der Waals surface area contributed by atoms with Crippen LogP contribution in [0, 0.1) is 6.92 Å². The molecule has 0 saturated carbocycles. The zero-order valence-electron chi connectivity index (χ0n) is 15.1. The van der Waals surface area contributed by atoms with E-state index in [0.717, 1.165) is 10.7 Å². The molecule has 0 aliphatic heterocycles. The second-order valence-electron chi connectivity index (χ2n) is 6.71. The van der Waals surface area contributed by atoms with Crippen molar-refractivity contribution >= 4 is 44.4 Å². The van der Waals surface area contributed by atoms with Crippen LogP contribution in [-0.2, 0) is 6.16 Å². The van der Waals surface area contributed by atoms with Gasteiger partial charge in [0.05, 0.1) is 0 Å². The van der Waals surface area contributed by atoms with Crippen LogP contribution >= 0.6 is 28.5 Å². The Labute approximate surface area is 169 Å². The van der Waals surface area contributed by atoms with Gasteiger partial charge in [-0.05, 0) is 0 Å². The molecule has 4 heteroatoms. The molecule has 4 rings (SSSR count). The molecule has 0 aliphatic carbocycles. The summed E-state index contributed by atoms with van der Waals surface area (Å²) in [5, 5.41) is 6.74. The van der Waals surface area contributed by atoms with Crippen molar-refractivity contribution in [2.24, 2.45) is 0 Å². The molecule has 1 heterocycles. The van der Waals surface area contributed by atoms with Gasteiger partial charge in [-0.1, -0.05) is 0 Å². The van der Waals surface area contributed by atoms with Gasteiger partial charge in [-0.3, -0.25) is 0 Å². The standard InChI is InChI=1S/C23H21ClNPS/c1-19-25-20(18-27-19)17-26(24,21-11-5-2-6-12-21,22-13-7-3-8-14-22)23-15-9-4-10-16-23/h2-16,18H,17H2,1H3. The summed E-state index contributed by atoms with van der Waals surface area (Å²) in [4.78, 5) is 4.78. The molecule has 0 bridgehead atoms. The zero-order valence-corrected chi connectivity index (χ0v) is 17.6. The maximum absolute atomic E-state index is 8.01. The number of benzene rings is 3. The van der Waals surface area contributed by atoms with Gasteiger partial charge in [-0.25, -0.2) is 0 Å². The number of thiazole rings is 1. The van der Waals surface area contributed by atoms with Gasteiger partial charge >= 0.3 is 170 Å². The van der Waals surface area contributed by atoms with E-state index in [1.807, 2.05) is 25.1 Å². The Morgan fingerprint density at radius 2 is 1.15 bits per heavy atom. The van der Waals surface area contributed by atoms with Crippen LogP contribution in [0.4, 0.5) is 0 Å². The molecule has 0 amide bonds. The van der Waals surface area contributed by atoms with Crippen molar-refractivity contribution in [2.45, 2.75) is 13.1 Å². The van der Waals surface area contributed by atoms with E-state index >= 15 is 0 Å². The topological polar surface area (TPSA) is 12.9 Å². The third-order valence-corrected chi connectivity index (χ3v) is 13.0. The molecule has 0 aliphatic rings. The summed E-state index contributed by atoms with van der Waals surface area (Å²) < 4.78 is 0. The molecular weight excluding hydrogens is 389 g/mol. The van der Waals surface area contributed by atoms with Gasteiger partial charge in [-0.15, -0.1) is 0 Å². The van der Waals surface area contributed by atoms with Gasteiger partial charge in [0.25, 0.3) is 0 Å². The van der Waals surface area contributed by atoms with Crippen molar-refractivity contribution < 1.29 is 0 Å². The Kier molecular flexibility index (Phi) is 4.90. The monoisotopic (exact) mass is 409 g/mol. The molecule has 0 unspecified atom stereocenters. The first kappa shape index (κ1) is 18.4. The Balaban J connectivity index is 2.09. The summed E-state index contributed by atoms with van der Waals surface area (Å²) in [6.45, 7) is 2.05. The van der Waals surface area contributed by atoms with Gasteiger partial charge in [0, 0.05) is 0 Å².